The van der Waals surface area contributed by atoms with Crippen LogP contribution in [0.5, 0.6) is 0 Å². The van der Waals surface area contributed by atoms with Gasteiger partial charge >= 0.3 is 0 Å². The molecular weight excluding hydrogens is 308 g/mol. The molecule has 0 radical (unpaired) electrons. The topological polar surface area (TPSA) is 82.8 Å². The molecule has 2 unspecified atom stereocenters. The molecule has 2 amide bonds. The standard InChI is InChI=1S/C18H20N2O4/c21-12-15(16-7-4-8-24-16)19-18(23)14-9-17(22)20(11-14)10-13-5-2-1-3-6-13/h1-8,14-15,21H,9-12H2,(H,19,23). The van der Waals surface area contributed by atoms with Gasteiger partial charge in [0.1, 0.15) is 11.8 Å². The molecule has 0 bridgehead atoms. The molecule has 2 aromatic rings. The monoisotopic (exact) mass is 328 g/mol. The normalized spacial score (nSPS) is 18.6. The smallest absolute Gasteiger partial charge is 0.226 e. The highest BCUT2D eigenvalue weighted by atomic mass is 16.3. The van der Waals surface area contributed by atoms with Crippen LogP contribution in [0.1, 0.15) is 23.8 Å². The molecule has 0 spiro atoms. The van der Waals surface area contributed by atoms with Crippen molar-refractivity contribution < 1.29 is 19.1 Å². The van der Waals surface area contributed by atoms with Gasteiger partial charge in [-0.15, -0.1) is 0 Å². The van der Waals surface area contributed by atoms with Gasteiger partial charge in [0.25, 0.3) is 0 Å². The predicted octanol–water partition coefficient (Wildman–Crippen LogP) is 1.48. The van der Waals surface area contributed by atoms with Gasteiger partial charge in [-0.25, -0.2) is 0 Å². The van der Waals surface area contributed by atoms with E-state index in [9.17, 15) is 14.7 Å². The maximum absolute atomic E-state index is 12.4. The van der Waals surface area contributed by atoms with Crippen molar-refractivity contribution in [2.24, 2.45) is 5.92 Å². The lowest BCUT2D eigenvalue weighted by molar-refractivity contribution is -0.129. The van der Waals surface area contributed by atoms with Gasteiger partial charge in [-0.05, 0) is 17.7 Å². The van der Waals surface area contributed by atoms with E-state index in [-0.39, 0.29) is 24.8 Å². The van der Waals surface area contributed by atoms with Crippen molar-refractivity contribution in [3.63, 3.8) is 0 Å². The molecular formula is C18H20N2O4. The van der Waals surface area contributed by atoms with Crippen molar-refractivity contribution in [1.82, 2.24) is 10.2 Å². The van der Waals surface area contributed by atoms with Crippen molar-refractivity contribution in [2.75, 3.05) is 13.2 Å². The van der Waals surface area contributed by atoms with Crippen LogP contribution in [-0.2, 0) is 16.1 Å². The summed E-state index contributed by atoms with van der Waals surface area (Å²) in [7, 11) is 0. The number of aliphatic hydroxyl groups excluding tert-OH is 1. The molecule has 0 saturated carbocycles. The molecule has 2 atom stereocenters. The minimum Gasteiger partial charge on any atom is -0.467 e. The number of furan rings is 1. The zero-order valence-corrected chi connectivity index (χ0v) is 13.2. The average Bonchev–Trinajstić information content (AvgIpc) is 3.24. The first kappa shape index (κ1) is 16.3. The van der Waals surface area contributed by atoms with E-state index in [2.05, 4.69) is 5.32 Å². The van der Waals surface area contributed by atoms with Gasteiger partial charge in [0.15, 0.2) is 0 Å². The van der Waals surface area contributed by atoms with E-state index in [1.807, 2.05) is 30.3 Å². The van der Waals surface area contributed by atoms with Crippen LogP contribution in [0.3, 0.4) is 0 Å². The number of likely N-dealkylation sites (tertiary alicyclic amines) is 1. The Morgan fingerprint density at radius 3 is 2.75 bits per heavy atom. The molecule has 0 aliphatic carbocycles. The molecule has 126 valence electrons. The summed E-state index contributed by atoms with van der Waals surface area (Å²) in [6, 6.07) is 12.5. The summed E-state index contributed by atoms with van der Waals surface area (Å²) in [5, 5.41) is 12.2. The van der Waals surface area contributed by atoms with Crippen LogP contribution in [-0.4, -0.2) is 35.0 Å². The van der Waals surface area contributed by atoms with Crippen LogP contribution < -0.4 is 5.32 Å². The lowest BCUT2D eigenvalue weighted by atomic mass is 10.1. The highest BCUT2D eigenvalue weighted by Gasteiger charge is 2.35. The fourth-order valence-electron chi connectivity index (χ4n) is 2.89. The van der Waals surface area contributed by atoms with E-state index < -0.39 is 12.0 Å². The van der Waals surface area contributed by atoms with Crippen molar-refractivity contribution in [1.29, 1.82) is 0 Å². The number of aliphatic hydroxyl groups is 1. The Kier molecular flexibility index (Phi) is 4.96. The molecule has 1 aromatic carbocycles. The number of benzene rings is 1. The average molecular weight is 328 g/mol. The predicted molar refractivity (Wildman–Crippen MR) is 86.6 cm³/mol. The molecule has 6 nitrogen and oxygen atoms in total. The second-order valence-corrected chi connectivity index (χ2v) is 5.92. The fourth-order valence-corrected chi connectivity index (χ4v) is 2.89. The number of amides is 2. The summed E-state index contributed by atoms with van der Waals surface area (Å²) >= 11 is 0. The number of nitrogens with zero attached hydrogens (tertiary/aromatic N) is 1. The first-order valence-electron chi connectivity index (χ1n) is 7.93. The number of carbonyl (C=O) groups is 2. The minimum atomic E-state index is -0.592. The molecule has 1 aliphatic heterocycles. The maximum Gasteiger partial charge on any atom is 0.226 e. The van der Waals surface area contributed by atoms with Gasteiger partial charge < -0.3 is 19.7 Å². The number of hydrogen-bond acceptors (Lipinski definition) is 4. The first-order valence-corrected chi connectivity index (χ1v) is 7.93. The second-order valence-electron chi connectivity index (χ2n) is 5.92. The van der Waals surface area contributed by atoms with E-state index >= 15 is 0 Å². The fraction of sp³-hybridized carbons (Fsp3) is 0.333. The van der Waals surface area contributed by atoms with Gasteiger partial charge in [0.05, 0.1) is 18.8 Å². The molecule has 24 heavy (non-hydrogen) atoms. The van der Waals surface area contributed by atoms with E-state index in [0.29, 0.717) is 18.8 Å². The molecule has 1 saturated heterocycles. The number of rotatable bonds is 6. The molecule has 2 N–H and O–H groups in total. The molecule has 1 aliphatic rings. The molecule has 3 rings (SSSR count). The maximum atomic E-state index is 12.4. The Bertz CT molecular complexity index is 684. The van der Waals surface area contributed by atoms with E-state index in [1.54, 1.807) is 17.0 Å². The molecule has 2 heterocycles. The van der Waals surface area contributed by atoms with Gasteiger partial charge in [-0.2, -0.15) is 0 Å². The van der Waals surface area contributed by atoms with Crippen LogP contribution in [0.4, 0.5) is 0 Å². The third kappa shape index (κ3) is 3.65. The van der Waals surface area contributed by atoms with Crippen molar-refractivity contribution >= 4 is 11.8 Å². The lowest BCUT2D eigenvalue weighted by Crippen LogP contribution is -2.36. The third-order valence-corrected chi connectivity index (χ3v) is 4.19. The SMILES string of the molecule is O=C(NC(CO)c1ccco1)C1CC(=O)N(Cc2ccccc2)C1. The summed E-state index contributed by atoms with van der Waals surface area (Å²) in [6.45, 7) is 0.634. The van der Waals surface area contributed by atoms with E-state index in [4.69, 9.17) is 4.42 Å². The van der Waals surface area contributed by atoms with Gasteiger partial charge in [-0.3, -0.25) is 9.59 Å². The van der Waals surface area contributed by atoms with Crippen LogP contribution in [0, 0.1) is 5.92 Å². The molecule has 6 heteroatoms. The van der Waals surface area contributed by atoms with Gasteiger partial charge in [0.2, 0.25) is 11.8 Å². The Morgan fingerprint density at radius 1 is 1.29 bits per heavy atom. The zero-order valence-electron chi connectivity index (χ0n) is 13.2. The van der Waals surface area contributed by atoms with Crippen molar-refractivity contribution in [3.8, 4) is 0 Å². The second kappa shape index (κ2) is 7.31. The Hall–Kier alpha value is -2.60. The molecule has 1 fully saturated rings. The summed E-state index contributed by atoms with van der Waals surface area (Å²) in [4.78, 5) is 26.3. The number of hydrogen-bond donors (Lipinski definition) is 2. The van der Waals surface area contributed by atoms with Crippen LogP contribution >= 0.6 is 0 Å². The number of nitrogens with one attached hydrogen (secondary N) is 1. The summed E-state index contributed by atoms with van der Waals surface area (Å²) in [6.07, 6.45) is 1.68. The summed E-state index contributed by atoms with van der Waals surface area (Å²) < 4.78 is 5.22. The van der Waals surface area contributed by atoms with E-state index in [0.717, 1.165) is 5.56 Å². The van der Waals surface area contributed by atoms with Gasteiger partial charge in [-0.1, -0.05) is 30.3 Å². The van der Waals surface area contributed by atoms with Crippen LogP contribution in [0.2, 0.25) is 0 Å². The third-order valence-electron chi connectivity index (χ3n) is 4.19. The first-order chi connectivity index (χ1) is 11.7. The Labute approximate surface area is 140 Å². The van der Waals surface area contributed by atoms with Crippen molar-refractivity contribution in [3.05, 3.63) is 60.1 Å². The summed E-state index contributed by atoms with van der Waals surface area (Å²) in [5.41, 5.74) is 1.04. The zero-order chi connectivity index (χ0) is 16.9. The summed E-state index contributed by atoms with van der Waals surface area (Å²) in [5.74, 6) is -0.187. The highest BCUT2D eigenvalue weighted by Crippen LogP contribution is 2.22. The van der Waals surface area contributed by atoms with Gasteiger partial charge in [0, 0.05) is 19.5 Å². The molecule has 1 aromatic heterocycles. The Morgan fingerprint density at radius 2 is 2.08 bits per heavy atom. The minimum absolute atomic E-state index is 0.0300. The number of carbonyl (C=O) groups excluding carboxylic acids is 2. The van der Waals surface area contributed by atoms with E-state index in [1.165, 1.54) is 6.26 Å². The lowest BCUT2D eigenvalue weighted by Gasteiger charge is -2.18. The van der Waals surface area contributed by atoms with Crippen LogP contribution in [0.15, 0.2) is 53.1 Å². The largest absolute Gasteiger partial charge is 0.467 e. The highest BCUT2D eigenvalue weighted by molar-refractivity contribution is 5.89. The van der Waals surface area contributed by atoms with Crippen LogP contribution in [0.25, 0.3) is 0 Å². The quantitative estimate of drug-likeness (QED) is 0.841. The Balaban J connectivity index is 1.59. The van der Waals surface area contributed by atoms with Crippen molar-refractivity contribution in [2.45, 2.75) is 19.0 Å².